The minimum absolute atomic E-state index is 0.124. The molecule has 0 saturated heterocycles. The van der Waals surface area contributed by atoms with Gasteiger partial charge in [0, 0.05) is 11.8 Å². The Morgan fingerprint density at radius 3 is 2.52 bits per heavy atom. The fraction of sp³-hybridized carbons (Fsp3) is 0.200. The van der Waals surface area contributed by atoms with Gasteiger partial charge in [0.05, 0.1) is 5.56 Å². The summed E-state index contributed by atoms with van der Waals surface area (Å²) in [6, 6.07) is 5.47. The van der Waals surface area contributed by atoms with Gasteiger partial charge in [0.25, 0.3) is 0 Å². The van der Waals surface area contributed by atoms with E-state index in [0.717, 1.165) is 6.07 Å². The van der Waals surface area contributed by atoms with Gasteiger partial charge in [-0.15, -0.1) is 0 Å². The maximum atomic E-state index is 13.5. The van der Waals surface area contributed by atoms with E-state index in [0.29, 0.717) is 24.1 Å². The van der Waals surface area contributed by atoms with Crippen LogP contribution in [0.5, 0.6) is 0 Å². The SMILES string of the molecule is CCc1cccnc1C(=O)c1ccc(C(F)(F)F)c(F)c1. The molecule has 0 aliphatic heterocycles. The Hall–Kier alpha value is -2.24. The minimum Gasteiger partial charge on any atom is -0.287 e. The minimum atomic E-state index is -4.79. The summed E-state index contributed by atoms with van der Waals surface area (Å²) in [5.74, 6) is -2.07. The van der Waals surface area contributed by atoms with Crippen molar-refractivity contribution in [3.05, 3.63) is 64.7 Å². The van der Waals surface area contributed by atoms with Crippen molar-refractivity contribution in [2.24, 2.45) is 0 Å². The number of rotatable bonds is 3. The lowest BCUT2D eigenvalue weighted by atomic mass is 10.0. The smallest absolute Gasteiger partial charge is 0.287 e. The lowest BCUT2D eigenvalue weighted by Gasteiger charge is -2.10. The molecule has 1 heterocycles. The van der Waals surface area contributed by atoms with Crippen molar-refractivity contribution < 1.29 is 22.4 Å². The number of carbonyl (C=O) groups excluding carboxylic acids is 1. The maximum absolute atomic E-state index is 13.5. The lowest BCUT2D eigenvalue weighted by Crippen LogP contribution is -2.12. The average Bonchev–Trinajstić information content (AvgIpc) is 2.45. The molecule has 0 saturated carbocycles. The van der Waals surface area contributed by atoms with E-state index in [1.54, 1.807) is 12.1 Å². The van der Waals surface area contributed by atoms with Gasteiger partial charge in [-0.2, -0.15) is 13.2 Å². The van der Waals surface area contributed by atoms with Crippen LogP contribution in [0.4, 0.5) is 17.6 Å². The predicted octanol–water partition coefficient (Wildman–Crippen LogP) is 4.03. The van der Waals surface area contributed by atoms with Crippen molar-refractivity contribution >= 4 is 5.78 Å². The Morgan fingerprint density at radius 2 is 1.95 bits per heavy atom. The molecule has 0 spiro atoms. The summed E-state index contributed by atoms with van der Waals surface area (Å²) in [5.41, 5.74) is -0.772. The van der Waals surface area contributed by atoms with Gasteiger partial charge in [0.1, 0.15) is 11.5 Å². The molecule has 21 heavy (non-hydrogen) atoms. The molecule has 6 heteroatoms. The molecule has 0 bridgehead atoms. The molecule has 1 aromatic heterocycles. The van der Waals surface area contributed by atoms with Crippen molar-refractivity contribution in [1.82, 2.24) is 4.98 Å². The summed E-state index contributed by atoms with van der Waals surface area (Å²) in [6.07, 6.45) is -2.84. The number of hydrogen-bond donors (Lipinski definition) is 0. The number of pyridine rings is 1. The second-order valence-corrected chi connectivity index (χ2v) is 4.39. The van der Waals surface area contributed by atoms with Gasteiger partial charge in [-0.3, -0.25) is 9.78 Å². The summed E-state index contributed by atoms with van der Waals surface area (Å²) >= 11 is 0. The number of aryl methyl sites for hydroxylation is 1. The van der Waals surface area contributed by atoms with Crippen LogP contribution in [-0.4, -0.2) is 10.8 Å². The van der Waals surface area contributed by atoms with Gasteiger partial charge in [0.15, 0.2) is 0 Å². The largest absolute Gasteiger partial charge is 0.419 e. The topological polar surface area (TPSA) is 30.0 Å². The quantitative estimate of drug-likeness (QED) is 0.632. The van der Waals surface area contributed by atoms with Crippen LogP contribution in [0.2, 0.25) is 0 Å². The first-order valence-electron chi connectivity index (χ1n) is 6.20. The molecule has 1 aromatic carbocycles. The third kappa shape index (κ3) is 3.09. The summed E-state index contributed by atoms with van der Waals surface area (Å²) in [6.45, 7) is 1.82. The molecule has 0 aliphatic carbocycles. The van der Waals surface area contributed by atoms with Crippen molar-refractivity contribution in [3.63, 3.8) is 0 Å². The van der Waals surface area contributed by atoms with Gasteiger partial charge in [-0.05, 0) is 30.2 Å². The van der Waals surface area contributed by atoms with Crippen LogP contribution in [0, 0.1) is 5.82 Å². The number of benzene rings is 1. The zero-order valence-corrected chi connectivity index (χ0v) is 11.0. The Balaban J connectivity index is 2.43. The third-order valence-electron chi connectivity index (χ3n) is 3.02. The van der Waals surface area contributed by atoms with Gasteiger partial charge in [-0.1, -0.05) is 19.1 Å². The maximum Gasteiger partial charge on any atom is 0.419 e. The second kappa shape index (κ2) is 5.63. The van der Waals surface area contributed by atoms with Crippen LogP contribution < -0.4 is 0 Å². The second-order valence-electron chi connectivity index (χ2n) is 4.39. The molecule has 110 valence electrons. The van der Waals surface area contributed by atoms with Gasteiger partial charge < -0.3 is 0 Å². The van der Waals surface area contributed by atoms with E-state index in [9.17, 15) is 22.4 Å². The van der Waals surface area contributed by atoms with E-state index >= 15 is 0 Å². The first kappa shape index (κ1) is 15.2. The number of hydrogen-bond acceptors (Lipinski definition) is 2. The summed E-state index contributed by atoms with van der Waals surface area (Å²) in [4.78, 5) is 16.2. The number of aromatic nitrogens is 1. The molecule has 0 aliphatic rings. The van der Waals surface area contributed by atoms with Gasteiger partial charge >= 0.3 is 6.18 Å². The Bertz CT molecular complexity index is 680. The van der Waals surface area contributed by atoms with Crippen LogP contribution in [0.15, 0.2) is 36.5 Å². The van der Waals surface area contributed by atoms with Crippen LogP contribution in [-0.2, 0) is 12.6 Å². The Morgan fingerprint density at radius 1 is 1.24 bits per heavy atom. The lowest BCUT2D eigenvalue weighted by molar-refractivity contribution is -0.140. The molecule has 2 rings (SSSR count). The standard InChI is InChI=1S/C15H11F4NO/c1-2-9-4-3-7-20-13(9)14(21)10-5-6-11(12(16)8-10)15(17,18)19/h3-8H,2H2,1H3. The first-order valence-corrected chi connectivity index (χ1v) is 6.20. The normalized spacial score (nSPS) is 11.5. The van der Waals surface area contributed by atoms with E-state index in [-0.39, 0.29) is 11.3 Å². The fourth-order valence-electron chi connectivity index (χ4n) is 1.95. The number of halogens is 4. The molecule has 0 N–H and O–H groups in total. The molecule has 0 atom stereocenters. The van der Waals surface area contributed by atoms with Crippen molar-refractivity contribution in [2.75, 3.05) is 0 Å². The van der Waals surface area contributed by atoms with Crippen molar-refractivity contribution in [1.29, 1.82) is 0 Å². The summed E-state index contributed by atoms with van der Waals surface area (Å²) in [5, 5.41) is 0. The molecular formula is C15H11F4NO. The summed E-state index contributed by atoms with van der Waals surface area (Å²) < 4.78 is 51.0. The van der Waals surface area contributed by atoms with E-state index in [4.69, 9.17) is 0 Å². The number of alkyl halides is 3. The molecule has 0 unspecified atom stereocenters. The van der Waals surface area contributed by atoms with Gasteiger partial charge in [-0.25, -0.2) is 4.39 Å². The van der Waals surface area contributed by atoms with Crippen LogP contribution >= 0.6 is 0 Å². The van der Waals surface area contributed by atoms with Gasteiger partial charge in [0.2, 0.25) is 5.78 Å². The number of ketones is 1. The Labute approximate surface area is 118 Å². The highest BCUT2D eigenvalue weighted by molar-refractivity contribution is 6.08. The Kier molecular flexibility index (Phi) is 4.06. The van der Waals surface area contributed by atoms with E-state index in [2.05, 4.69) is 4.98 Å². The first-order chi connectivity index (χ1) is 9.84. The molecule has 2 nitrogen and oxygen atoms in total. The van der Waals surface area contributed by atoms with E-state index < -0.39 is 23.3 Å². The molecule has 2 aromatic rings. The van der Waals surface area contributed by atoms with Crippen molar-refractivity contribution in [3.8, 4) is 0 Å². The monoisotopic (exact) mass is 297 g/mol. The van der Waals surface area contributed by atoms with Crippen molar-refractivity contribution in [2.45, 2.75) is 19.5 Å². The molecule has 0 fully saturated rings. The molecular weight excluding hydrogens is 286 g/mol. The highest BCUT2D eigenvalue weighted by Crippen LogP contribution is 2.31. The predicted molar refractivity (Wildman–Crippen MR) is 68.4 cm³/mol. The zero-order chi connectivity index (χ0) is 15.6. The summed E-state index contributed by atoms with van der Waals surface area (Å²) in [7, 11) is 0. The van der Waals surface area contributed by atoms with E-state index in [1.165, 1.54) is 6.20 Å². The highest BCUT2D eigenvalue weighted by atomic mass is 19.4. The molecule has 0 amide bonds. The average molecular weight is 297 g/mol. The fourth-order valence-corrected chi connectivity index (χ4v) is 1.95. The number of carbonyl (C=O) groups is 1. The van der Waals surface area contributed by atoms with Crippen LogP contribution in [0.1, 0.15) is 34.1 Å². The zero-order valence-electron chi connectivity index (χ0n) is 11.0. The van der Waals surface area contributed by atoms with Crippen LogP contribution in [0.3, 0.4) is 0 Å². The van der Waals surface area contributed by atoms with E-state index in [1.807, 2.05) is 6.92 Å². The highest BCUT2D eigenvalue weighted by Gasteiger charge is 2.34. The third-order valence-corrected chi connectivity index (χ3v) is 3.02. The number of nitrogens with zero attached hydrogens (tertiary/aromatic N) is 1. The molecule has 0 radical (unpaired) electrons. The van der Waals surface area contributed by atoms with Crippen LogP contribution in [0.25, 0.3) is 0 Å².